The van der Waals surface area contributed by atoms with Gasteiger partial charge in [0.1, 0.15) is 17.6 Å². The highest BCUT2D eigenvalue weighted by Crippen LogP contribution is 2.45. The molecular formula is C17H13FN2O2. The number of benzene rings is 1. The molecule has 0 saturated carbocycles. The van der Waals surface area contributed by atoms with E-state index in [1.807, 2.05) is 19.1 Å². The van der Waals surface area contributed by atoms with Gasteiger partial charge in [-0.1, -0.05) is 13.0 Å². The Morgan fingerprint density at radius 2 is 2.23 bits per heavy atom. The van der Waals surface area contributed by atoms with Crippen LogP contribution in [0.5, 0.6) is 0 Å². The molecule has 2 aromatic rings. The van der Waals surface area contributed by atoms with Gasteiger partial charge in [0.15, 0.2) is 5.76 Å². The molecule has 0 spiro atoms. The summed E-state index contributed by atoms with van der Waals surface area (Å²) in [5.74, 6) is -0.243. The van der Waals surface area contributed by atoms with Crippen LogP contribution in [0.4, 0.5) is 10.1 Å². The van der Waals surface area contributed by atoms with Crippen LogP contribution in [0.3, 0.4) is 0 Å². The van der Waals surface area contributed by atoms with Crippen molar-refractivity contribution in [3.63, 3.8) is 0 Å². The lowest BCUT2D eigenvalue weighted by Crippen LogP contribution is -2.06. The first-order chi connectivity index (χ1) is 10.7. The van der Waals surface area contributed by atoms with Crippen molar-refractivity contribution in [1.29, 1.82) is 0 Å². The molecule has 5 heteroatoms. The van der Waals surface area contributed by atoms with Gasteiger partial charge in [-0.3, -0.25) is 9.78 Å². The lowest BCUT2D eigenvalue weighted by molar-refractivity contribution is -0.110. The number of halogens is 1. The molecule has 110 valence electrons. The zero-order valence-electron chi connectivity index (χ0n) is 11.9. The summed E-state index contributed by atoms with van der Waals surface area (Å²) in [5, 5.41) is 2.74. The molecule has 4 nitrogen and oxygen atoms in total. The van der Waals surface area contributed by atoms with Gasteiger partial charge in [0, 0.05) is 23.0 Å². The number of anilines is 1. The van der Waals surface area contributed by atoms with Gasteiger partial charge in [0.2, 0.25) is 0 Å². The number of nitrogens with zero attached hydrogens (tertiary/aromatic N) is 1. The van der Waals surface area contributed by atoms with Crippen LogP contribution in [0, 0.1) is 5.82 Å². The fraction of sp³-hybridized carbons (Fsp3) is 0.176. The van der Waals surface area contributed by atoms with E-state index in [-0.39, 0.29) is 17.8 Å². The van der Waals surface area contributed by atoms with Crippen molar-refractivity contribution in [1.82, 2.24) is 4.98 Å². The topological polar surface area (TPSA) is 51.2 Å². The van der Waals surface area contributed by atoms with Gasteiger partial charge in [-0.05, 0) is 30.7 Å². The van der Waals surface area contributed by atoms with E-state index in [2.05, 4.69) is 10.3 Å². The predicted molar refractivity (Wildman–Crippen MR) is 80.2 cm³/mol. The summed E-state index contributed by atoms with van der Waals surface area (Å²) in [4.78, 5) is 16.7. The van der Waals surface area contributed by atoms with E-state index in [0.717, 1.165) is 12.0 Å². The molecule has 1 amide bonds. The van der Waals surface area contributed by atoms with E-state index < -0.39 is 0 Å². The third-order valence-electron chi connectivity index (χ3n) is 3.99. The Balaban J connectivity index is 1.97. The minimum absolute atomic E-state index is 0.128. The minimum Gasteiger partial charge on any atom is -0.483 e. The first kappa shape index (κ1) is 13.0. The molecule has 1 aromatic heterocycles. The van der Waals surface area contributed by atoms with E-state index in [0.29, 0.717) is 28.3 Å². The number of amides is 1. The van der Waals surface area contributed by atoms with E-state index in [1.165, 1.54) is 12.1 Å². The summed E-state index contributed by atoms with van der Waals surface area (Å²) in [7, 11) is 0. The number of hydrogen-bond acceptors (Lipinski definition) is 3. The molecule has 1 atom stereocenters. The monoisotopic (exact) mass is 296 g/mol. The van der Waals surface area contributed by atoms with Crippen molar-refractivity contribution in [2.75, 3.05) is 5.32 Å². The molecule has 0 saturated heterocycles. The Morgan fingerprint density at radius 1 is 1.36 bits per heavy atom. The lowest BCUT2D eigenvalue weighted by Gasteiger charge is -2.09. The molecular weight excluding hydrogens is 283 g/mol. The summed E-state index contributed by atoms with van der Waals surface area (Å²) < 4.78 is 19.5. The average molecular weight is 296 g/mol. The molecule has 0 radical (unpaired) electrons. The van der Waals surface area contributed by atoms with Gasteiger partial charge in [0.05, 0.1) is 5.57 Å². The van der Waals surface area contributed by atoms with Crippen molar-refractivity contribution in [3.05, 3.63) is 59.2 Å². The van der Waals surface area contributed by atoms with Gasteiger partial charge in [-0.2, -0.15) is 0 Å². The summed E-state index contributed by atoms with van der Waals surface area (Å²) in [6.45, 7) is 2.01. The minimum atomic E-state index is -0.389. The second kappa shape index (κ2) is 4.66. The van der Waals surface area contributed by atoms with Gasteiger partial charge >= 0.3 is 0 Å². The molecule has 3 heterocycles. The zero-order valence-corrected chi connectivity index (χ0v) is 11.9. The Kier molecular flexibility index (Phi) is 2.76. The number of aromatic nitrogens is 1. The number of ether oxygens (including phenoxy) is 1. The molecule has 1 aromatic carbocycles. The summed E-state index contributed by atoms with van der Waals surface area (Å²) in [6.07, 6.45) is 2.31. The van der Waals surface area contributed by atoms with Crippen molar-refractivity contribution < 1.29 is 13.9 Å². The first-order valence-electron chi connectivity index (χ1n) is 7.16. The number of rotatable bonds is 1. The molecule has 0 fully saturated rings. The molecule has 1 unspecified atom stereocenters. The largest absolute Gasteiger partial charge is 0.483 e. The standard InChI is InChI=1S/C17H13FN2O2/c1-2-13-10-4-3-7-19-15(10)16(22-13)14-11-8-9(18)5-6-12(11)20-17(14)21/h3-8,13H,2H2,1H3,(H,20,21)/b16-14+. The van der Waals surface area contributed by atoms with Crippen LogP contribution >= 0.6 is 0 Å². The summed E-state index contributed by atoms with van der Waals surface area (Å²) >= 11 is 0. The number of hydrogen-bond donors (Lipinski definition) is 1. The number of nitrogens with one attached hydrogen (secondary N) is 1. The van der Waals surface area contributed by atoms with Crippen LogP contribution in [0.2, 0.25) is 0 Å². The highest BCUT2D eigenvalue weighted by atomic mass is 19.1. The Bertz CT molecular complexity index is 829. The van der Waals surface area contributed by atoms with Crippen LogP contribution in [0.1, 0.15) is 36.3 Å². The number of fused-ring (bicyclic) bond motifs is 2. The molecule has 22 heavy (non-hydrogen) atoms. The van der Waals surface area contributed by atoms with Crippen molar-refractivity contribution in [2.45, 2.75) is 19.4 Å². The lowest BCUT2D eigenvalue weighted by atomic mass is 10.0. The molecule has 2 aliphatic heterocycles. The zero-order chi connectivity index (χ0) is 15.3. The molecule has 2 aliphatic rings. The van der Waals surface area contributed by atoms with Crippen molar-refractivity contribution in [2.24, 2.45) is 0 Å². The van der Waals surface area contributed by atoms with Crippen LogP contribution in [-0.2, 0) is 9.53 Å². The van der Waals surface area contributed by atoms with Gasteiger partial charge in [0.25, 0.3) is 5.91 Å². The number of carbonyl (C=O) groups is 1. The maximum Gasteiger partial charge on any atom is 0.260 e. The van der Waals surface area contributed by atoms with Crippen LogP contribution in [0.25, 0.3) is 11.3 Å². The number of carbonyl (C=O) groups excluding carboxylic acids is 1. The van der Waals surface area contributed by atoms with Crippen LogP contribution < -0.4 is 5.32 Å². The highest BCUT2D eigenvalue weighted by molar-refractivity contribution is 6.36. The predicted octanol–water partition coefficient (Wildman–Crippen LogP) is 3.52. The third-order valence-corrected chi connectivity index (χ3v) is 3.99. The first-order valence-corrected chi connectivity index (χ1v) is 7.16. The van der Waals surface area contributed by atoms with Gasteiger partial charge < -0.3 is 10.1 Å². The van der Waals surface area contributed by atoms with Crippen LogP contribution in [0.15, 0.2) is 36.5 Å². The van der Waals surface area contributed by atoms with Crippen molar-refractivity contribution in [3.8, 4) is 0 Å². The molecule has 4 rings (SSSR count). The Morgan fingerprint density at radius 3 is 3.05 bits per heavy atom. The average Bonchev–Trinajstić information content (AvgIpc) is 3.04. The quantitative estimate of drug-likeness (QED) is 0.819. The normalized spacial score (nSPS) is 22.1. The van der Waals surface area contributed by atoms with Gasteiger partial charge in [-0.15, -0.1) is 0 Å². The molecule has 0 aliphatic carbocycles. The maximum absolute atomic E-state index is 13.6. The Labute approximate surface area is 126 Å². The summed E-state index contributed by atoms with van der Waals surface area (Å²) in [6, 6.07) is 8.02. The fourth-order valence-electron chi connectivity index (χ4n) is 2.97. The SMILES string of the molecule is CCC1O/C(=C2/C(=O)Nc3ccc(F)cc32)c2ncccc21. The highest BCUT2D eigenvalue weighted by Gasteiger charge is 2.36. The third kappa shape index (κ3) is 1.75. The van der Waals surface area contributed by atoms with E-state index in [9.17, 15) is 9.18 Å². The van der Waals surface area contributed by atoms with E-state index >= 15 is 0 Å². The number of pyridine rings is 1. The molecule has 1 N–H and O–H groups in total. The van der Waals surface area contributed by atoms with Gasteiger partial charge in [-0.25, -0.2) is 4.39 Å². The van der Waals surface area contributed by atoms with Crippen LogP contribution in [-0.4, -0.2) is 10.9 Å². The van der Waals surface area contributed by atoms with E-state index in [1.54, 1.807) is 12.3 Å². The second-order valence-electron chi connectivity index (χ2n) is 5.30. The smallest absolute Gasteiger partial charge is 0.260 e. The maximum atomic E-state index is 13.6. The Hall–Kier alpha value is -2.69. The van der Waals surface area contributed by atoms with Crippen molar-refractivity contribution >= 4 is 22.9 Å². The fourth-order valence-corrected chi connectivity index (χ4v) is 2.97. The van der Waals surface area contributed by atoms with E-state index in [4.69, 9.17) is 4.74 Å². The second-order valence-corrected chi connectivity index (χ2v) is 5.30. The summed E-state index contributed by atoms with van der Waals surface area (Å²) in [5.41, 5.74) is 3.09. The molecule has 0 bridgehead atoms.